The van der Waals surface area contributed by atoms with Gasteiger partial charge >= 0.3 is 0 Å². The fraction of sp³-hybridized carbons (Fsp3) is 0.152. The van der Waals surface area contributed by atoms with Crippen LogP contribution in [0, 0.1) is 6.92 Å². The maximum absolute atomic E-state index is 13.9. The number of carbonyl (C=O) groups is 1. The molecule has 0 N–H and O–H groups in total. The van der Waals surface area contributed by atoms with E-state index in [2.05, 4.69) is 0 Å². The number of rotatable bonds is 7. The largest absolute Gasteiger partial charge is 0.493 e. The summed E-state index contributed by atoms with van der Waals surface area (Å²) >= 11 is 6.37. The summed E-state index contributed by atoms with van der Waals surface area (Å²) in [5.41, 5.74) is 3.76. The highest BCUT2D eigenvalue weighted by Crippen LogP contribution is 2.42. The maximum atomic E-state index is 13.9. The number of benzene rings is 4. The number of carbonyl (C=O) groups excluding carboxylic acids is 1. The van der Waals surface area contributed by atoms with Crippen molar-refractivity contribution in [3.05, 3.63) is 140 Å². The van der Waals surface area contributed by atoms with Gasteiger partial charge in [0.2, 0.25) is 5.76 Å². The molecule has 0 fully saturated rings. The average Bonchev–Trinajstić information content (AvgIpc) is 3.25. The van der Waals surface area contributed by atoms with Crippen LogP contribution in [-0.2, 0) is 13.2 Å². The van der Waals surface area contributed by atoms with E-state index in [1.54, 1.807) is 24.1 Å². The average molecular weight is 552 g/mol. The topological polar surface area (TPSA) is 69.0 Å². The third-order valence-electron chi connectivity index (χ3n) is 7.18. The summed E-state index contributed by atoms with van der Waals surface area (Å²) in [6, 6.07) is 27.6. The molecule has 6 rings (SSSR count). The van der Waals surface area contributed by atoms with Crippen molar-refractivity contribution >= 4 is 28.5 Å². The van der Waals surface area contributed by atoms with Crippen LogP contribution in [0.25, 0.3) is 11.0 Å². The molecule has 0 bridgehead atoms. The van der Waals surface area contributed by atoms with Gasteiger partial charge in [0.05, 0.1) is 24.1 Å². The second-order valence-electron chi connectivity index (χ2n) is 9.78. The molecule has 1 aliphatic heterocycles. The van der Waals surface area contributed by atoms with Gasteiger partial charge in [0.1, 0.15) is 12.2 Å². The normalized spacial score (nSPS) is 14.4. The first-order chi connectivity index (χ1) is 19.4. The number of amides is 1. The Kier molecular flexibility index (Phi) is 6.78. The van der Waals surface area contributed by atoms with Gasteiger partial charge in [-0.1, -0.05) is 78.3 Å². The van der Waals surface area contributed by atoms with Gasteiger partial charge < -0.3 is 18.8 Å². The summed E-state index contributed by atoms with van der Waals surface area (Å²) in [6.07, 6.45) is 0. The Morgan fingerprint density at radius 3 is 2.27 bits per heavy atom. The van der Waals surface area contributed by atoms with Crippen molar-refractivity contribution in [1.82, 2.24) is 4.90 Å². The van der Waals surface area contributed by atoms with E-state index in [4.69, 9.17) is 25.5 Å². The quantitative estimate of drug-likeness (QED) is 0.216. The highest BCUT2D eigenvalue weighted by molar-refractivity contribution is 6.32. The Balaban J connectivity index is 1.46. The van der Waals surface area contributed by atoms with Crippen molar-refractivity contribution < 1.29 is 18.7 Å². The second kappa shape index (κ2) is 10.5. The zero-order valence-corrected chi connectivity index (χ0v) is 22.8. The van der Waals surface area contributed by atoms with Gasteiger partial charge in [-0.3, -0.25) is 9.59 Å². The van der Waals surface area contributed by atoms with Crippen LogP contribution in [0.1, 0.15) is 44.4 Å². The van der Waals surface area contributed by atoms with Gasteiger partial charge in [-0.2, -0.15) is 0 Å². The summed E-state index contributed by atoms with van der Waals surface area (Å²) in [7, 11) is 1.57. The van der Waals surface area contributed by atoms with Gasteiger partial charge in [-0.25, -0.2) is 0 Å². The molecule has 2 heterocycles. The Hall–Kier alpha value is -4.55. The molecule has 0 spiro atoms. The van der Waals surface area contributed by atoms with E-state index in [-0.39, 0.29) is 22.7 Å². The molecule has 0 aliphatic carbocycles. The first-order valence-electron chi connectivity index (χ1n) is 12.9. The Morgan fingerprint density at radius 2 is 1.57 bits per heavy atom. The predicted molar refractivity (Wildman–Crippen MR) is 154 cm³/mol. The Bertz CT molecular complexity index is 1780. The fourth-order valence-corrected chi connectivity index (χ4v) is 5.30. The Morgan fingerprint density at radius 1 is 0.875 bits per heavy atom. The zero-order valence-electron chi connectivity index (χ0n) is 22.0. The van der Waals surface area contributed by atoms with Gasteiger partial charge in [0.15, 0.2) is 16.9 Å². The van der Waals surface area contributed by atoms with E-state index >= 15 is 0 Å². The minimum Gasteiger partial charge on any atom is -0.493 e. The monoisotopic (exact) mass is 551 g/mol. The smallest absolute Gasteiger partial charge is 0.291 e. The summed E-state index contributed by atoms with van der Waals surface area (Å²) in [6.45, 7) is 2.49. The molecule has 1 atom stereocenters. The van der Waals surface area contributed by atoms with Crippen LogP contribution in [0.4, 0.5) is 0 Å². The molecule has 4 aromatic carbocycles. The van der Waals surface area contributed by atoms with Crippen LogP contribution >= 0.6 is 11.6 Å². The maximum Gasteiger partial charge on any atom is 0.291 e. The van der Waals surface area contributed by atoms with Crippen LogP contribution in [0.2, 0.25) is 5.02 Å². The minimum atomic E-state index is -0.694. The van der Waals surface area contributed by atoms with Gasteiger partial charge in [-0.05, 0) is 53.4 Å². The van der Waals surface area contributed by atoms with Crippen molar-refractivity contribution in [2.24, 2.45) is 0 Å². The number of ether oxygens (including phenoxy) is 2. The summed E-state index contributed by atoms with van der Waals surface area (Å²) in [5.74, 6) is 0.752. The Labute approximate surface area is 236 Å². The van der Waals surface area contributed by atoms with Crippen LogP contribution in [0.15, 0.2) is 100 Å². The molecule has 0 radical (unpaired) electrons. The van der Waals surface area contributed by atoms with Crippen molar-refractivity contribution in [3.8, 4) is 11.5 Å². The zero-order chi connectivity index (χ0) is 27.8. The molecular formula is C33H26ClNO5. The number of methoxy groups -OCH3 is 1. The SMILES string of the molecule is COc1cc(C2c3c(oc4cc(C)c(Cl)cc4c3=O)C(=O)N2Cc2ccccc2)ccc1OCc1ccccc1. The van der Waals surface area contributed by atoms with Gasteiger partial charge in [-0.15, -0.1) is 0 Å². The first kappa shape index (κ1) is 25.7. The number of nitrogens with zero attached hydrogens (tertiary/aromatic N) is 1. The minimum absolute atomic E-state index is 0.0449. The lowest BCUT2D eigenvalue weighted by atomic mass is 9.97. The van der Waals surface area contributed by atoms with E-state index in [1.165, 1.54) is 0 Å². The van der Waals surface area contributed by atoms with Crippen LogP contribution in [-0.4, -0.2) is 17.9 Å². The predicted octanol–water partition coefficient (Wildman–Crippen LogP) is 7.09. The van der Waals surface area contributed by atoms with E-state index in [1.807, 2.05) is 85.8 Å². The first-order valence-corrected chi connectivity index (χ1v) is 13.3. The van der Waals surface area contributed by atoms with E-state index in [0.29, 0.717) is 46.2 Å². The molecule has 1 unspecified atom stereocenters. The third kappa shape index (κ3) is 4.61. The molecule has 0 saturated carbocycles. The van der Waals surface area contributed by atoms with Gasteiger partial charge in [0, 0.05) is 11.6 Å². The standard InChI is InChI=1S/C33H26ClNO5/c1-20-15-27-24(17-25(20)34)31(36)29-30(35(33(37)32(29)40-27)18-21-9-5-3-6-10-21)23-13-14-26(28(16-23)38-2)39-19-22-11-7-4-8-12-22/h3-17,30H,18-19H2,1-2H3. The number of hydrogen-bond donors (Lipinski definition) is 0. The van der Waals surface area contributed by atoms with Crippen molar-refractivity contribution in [1.29, 1.82) is 0 Å². The lowest BCUT2D eigenvalue weighted by Crippen LogP contribution is -2.29. The molecule has 0 saturated heterocycles. The van der Waals surface area contributed by atoms with Crippen LogP contribution < -0.4 is 14.9 Å². The molecule has 1 amide bonds. The number of aryl methyl sites for hydroxylation is 1. The summed E-state index contributed by atoms with van der Waals surface area (Å²) in [4.78, 5) is 29.4. The fourth-order valence-electron chi connectivity index (χ4n) is 5.14. The summed E-state index contributed by atoms with van der Waals surface area (Å²) < 4.78 is 17.8. The molecule has 6 nitrogen and oxygen atoms in total. The molecule has 200 valence electrons. The molecule has 1 aromatic heterocycles. The van der Waals surface area contributed by atoms with E-state index in [9.17, 15) is 9.59 Å². The summed E-state index contributed by atoms with van der Waals surface area (Å²) in [5, 5.41) is 0.798. The highest BCUT2D eigenvalue weighted by Gasteiger charge is 2.43. The molecule has 5 aromatic rings. The van der Waals surface area contributed by atoms with Gasteiger partial charge in [0.25, 0.3) is 5.91 Å². The number of halogens is 1. The van der Waals surface area contributed by atoms with Crippen molar-refractivity contribution in [3.63, 3.8) is 0 Å². The third-order valence-corrected chi connectivity index (χ3v) is 7.59. The second-order valence-corrected chi connectivity index (χ2v) is 10.2. The molecule has 1 aliphatic rings. The highest BCUT2D eigenvalue weighted by atomic mass is 35.5. The molecule has 7 heteroatoms. The molecule has 40 heavy (non-hydrogen) atoms. The number of hydrogen-bond acceptors (Lipinski definition) is 5. The molecular weight excluding hydrogens is 526 g/mol. The van der Waals surface area contributed by atoms with E-state index < -0.39 is 6.04 Å². The lowest BCUT2D eigenvalue weighted by Gasteiger charge is -2.26. The lowest BCUT2D eigenvalue weighted by molar-refractivity contribution is 0.0714. The van der Waals surface area contributed by atoms with Crippen molar-refractivity contribution in [2.45, 2.75) is 26.1 Å². The van der Waals surface area contributed by atoms with Crippen LogP contribution in [0.3, 0.4) is 0 Å². The number of fused-ring (bicyclic) bond motifs is 2. The van der Waals surface area contributed by atoms with Crippen molar-refractivity contribution in [2.75, 3.05) is 7.11 Å². The van der Waals surface area contributed by atoms with Crippen LogP contribution in [0.5, 0.6) is 11.5 Å². The van der Waals surface area contributed by atoms with E-state index in [0.717, 1.165) is 16.7 Å².